The van der Waals surface area contributed by atoms with Gasteiger partial charge in [0.05, 0.1) is 18.2 Å². The molecule has 3 aliphatic carbocycles. The molecule has 1 saturated heterocycles. The minimum atomic E-state index is -1.40. The number of urea groups is 1. The van der Waals surface area contributed by atoms with E-state index >= 15 is 0 Å². The lowest BCUT2D eigenvalue weighted by Crippen LogP contribution is -2.62. The summed E-state index contributed by atoms with van der Waals surface area (Å²) in [4.78, 5) is 71.8. The number of benzene rings is 1. The molecule has 2 fully saturated rings. The maximum Gasteiger partial charge on any atom is 0.315 e. The molecule has 0 spiro atoms. The molecule has 5 rings (SSSR count). The van der Waals surface area contributed by atoms with Crippen molar-refractivity contribution in [2.45, 2.75) is 136 Å². The number of nitrogens with zero attached hydrogens (tertiary/aromatic N) is 1. The normalized spacial score (nSPS) is 22.4. The van der Waals surface area contributed by atoms with Crippen molar-refractivity contribution in [1.82, 2.24) is 26.2 Å². The fraction of sp³-hybridized carbons (Fsp3) is 0.622. The molecule has 1 aromatic carbocycles. The summed E-state index contributed by atoms with van der Waals surface area (Å²) >= 11 is 0. The Kier molecular flexibility index (Phi) is 13.3. The van der Waals surface area contributed by atoms with E-state index in [1.807, 2.05) is 78.8 Å². The standard InChI is InChI=1S/C45H65N5O7/c1-11-43(5,6)38(48-42(56)49-44(7,8)12-2)41(55)50-25-29-23-31(34(26(3)4)28-20-21-28)35(29)36(50)39(53)47-32(22-27-18-19-27)37(52)40(54)46-24-33(51)57-45(9,10)30-16-14-13-15-17-30/h13-17,20,23,27,31-36,38,51H,3,11-12,18-19,21-22,24-25H2,1-2,4-10H3,(H,46,54)(H,47,53)(H2,48,49,56)/t31?,32?,33?,34?,35-,36+,38-/m1/s1. The maximum atomic E-state index is 14.8. The van der Waals surface area contributed by atoms with Crippen molar-refractivity contribution in [3.63, 3.8) is 0 Å². The number of fused-ring (bicyclic) bond motifs is 1. The maximum absolute atomic E-state index is 14.8. The number of allylic oxidation sites excluding steroid dienone is 4. The number of carbonyl (C=O) groups is 5. The average Bonchev–Trinajstić information content (AvgIpc) is 4.09. The summed E-state index contributed by atoms with van der Waals surface area (Å²) in [5.74, 6) is -2.90. The van der Waals surface area contributed by atoms with Gasteiger partial charge in [-0.1, -0.05) is 101 Å². The topological polar surface area (TPSA) is 166 Å². The van der Waals surface area contributed by atoms with E-state index in [1.165, 1.54) is 5.57 Å². The molecule has 312 valence electrons. The molecule has 12 nitrogen and oxygen atoms in total. The van der Waals surface area contributed by atoms with Gasteiger partial charge in [-0.25, -0.2) is 4.79 Å². The molecule has 57 heavy (non-hydrogen) atoms. The van der Waals surface area contributed by atoms with Crippen LogP contribution in [-0.4, -0.2) is 82.6 Å². The largest absolute Gasteiger partial charge is 0.366 e. The number of rotatable bonds is 20. The van der Waals surface area contributed by atoms with Gasteiger partial charge in [0.25, 0.3) is 5.91 Å². The Morgan fingerprint density at radius 1 is 0.982 bits per heavy atom. The zero-order valence-electron chi connectivity index (χ0n) is 35.4. The Hall–Kier alpha value is -4.29. The van der Waals surface area contributed by atoms with Crippen molar-refractivity contribution in [2.75, 3.05) is 13.1 Å². The van der Waals surface area contributed by atoms with Crippen molar-refractivity contribution in [1.29, 1.82) is 0 Å². The van der Waals surface area contributed by atoms with E-state index in [-0.39, 0.29) is 49.1 Å². The number of carbonyl (C=O) groups excluding carboxylic acids is 5. The Balaban J connectivity index is 1.37. The lowest BCUT2D eigenvalue weighted by atomic mass is 9.64. The Morgan fingerprint density at radius 3 is 2.19 bits per heavy atom. The smallest absolute Gasteiger partial charge is 0.315 e. The molecule has 5 amide bonds. The summed E-state index contributed by atoms with van der Waals surface area (Å²) in [5.41, 5.74) is 1.97. The second kappa shape index (κ2) is 17.3. The van der Waals surface area contributed by atoms with Crippen LogP contribution in [0.25, 0.3) is 0 Å². The van der Waals surface area contributed by atoms with Crippen molar-refractivity contribution < 1.29 is 33.8 Å². The fourth-order valence-corrected chi connectivity index (χ4v) is 8.09. The number of ketones is 1. The lowest BCUT2D eigenvalue weighted by Gasteiger charge is -2.41. The zero-order chi connectivity index (χ0) is 42.0. The Labute approximate surface area is 338 Å². The van der Waals surface area contributed by atoms with E-state index in [9.17, 15) is 29.1 Å². The average molecular weight is 788 g/mol. The first-order chi connectivity index (χ1) is 26.7. The van der Waals surface area contributed by atoms with Crippen LogP contribution in [0.15, 0.2) is 65.8 Å². The first-order valence-electron chi connectivity index (χ1n) is 20.7. The van der Waals surface area contributed by atoms with Gasteiger partial charge in [0.2, 0.25) is 17.6 Å². The third-order valence-electron chi connectivity index (χ3n) is 12.6. The van der Waals surface area contributed by atoms with Crippen molar-refractivity contribution in [3.8, 4) is 0 Å². The number of aliphatic hydroxyl groups is 1. The van der Waals surface area contributed by atoms with Gasteiger partial charge < -0.3 is 36.0 Å². The quantitative estimate of drug-likeness (QED) is 0.0669. The summed E-state index contributed by atoms with van der Waals surface area (Å²) in [6.45, 7) is 21.3. The summed E-state index contributed by atoms with van der Waals surface area (Å²) in [7, 11) is 0. The van der Waals surface area contributed by atoms with Gasteiger partial charge in [-0.3, -0.25) is 19.2 Å². The fourth-order valence-electron chi connectivity index (χ4n) is 8.09. The predicted molar refractivity (Wildman–Crippen MR) is 219 cm³/mol. The minimum absolute atomic E-state index is 0.0161. The molecule has 1 aliphatic heterocycles. The van der Waals surface area contributed by atoms with Crippen molar-refractivity contribution in [2.24, 2.45) is 29.1 Å². The van der Waals surface area contributed by atoms with Crippen molar-refractivity contribution in [3.05, 3.63) is 71.3 Å². The predicted octanol–water partition coefficient (Wildman–Crippen LogP) is 5.43. The Bertz CT molecular complexity index is 1780. The highest BCUT2D eigenvalue weighted by Gasteiger charge is 2.56. The summed E-state index contributed by atoms with van der Waals surface area (Å²) in [6.07, 6.45) is 7.06. The second-order valence-electron chi connectivity index (χ2n) is 18.4. The van der Waals surface area contributed by atoms with Gasteiger partial charge in [-0.15, -0.1) is 0 Å². The number of hydrogen-bond donors (Lipinski definition) is 5. The van der Waals surface area contributed by atoms with Gasteiger partial charge in [0, 0.05) is 23.9 Å². The summed E-state index contributed by atoms with van der Waals surface area (Å²) in [6, 6.07) is 5.80. The molecule has 4 unspecified atom stereocenters. The molecular formula is C45H65N5O7. The van der Waals surface area contributed by atoms with Crippen LogP contribution in [0.2, 0.25) is 0 Å². The summed E-state index contributed by atoms with van der Waals surface area (Å²) < 4.78 is 5.83. The number of likely N-dealkylation sites (tertiary alicyclic amines) is 1. The molecule has 1 aromatic rings. The van der Waals surface area contributed by atoms with Crippen LogP contribution in [0.3, 0.4) is 0 Å². The molecule has 1 heterocycles. The van der Waals surface area contributed by atoms with Gasteiger partial charge in [-0.05, 0) is 88.7 Å². The van der Waals surface area contributed by atoms with Crippen LogP contribution < -0.4 is 21.3 Å². The Morgan fingerprint density at radius 2 is 1.63 bits per heavy atom. The van der Waals surface area contributed by atoms with Crippen LogP contribution in [0.1, 0.15) is 106 Å². The number of ether oxygens (including phenoxy) is 1. The molecule has 7 atom stereocenters. The highest BCUT2D eigenvalue weighted by Crippen LogP contribution is 2.53. The van der Waals surface area contributed by atoms with Crippen molar-refractivity contribution >= 4 is 29.5 Å². The molecule has 1 saturated carbocycles. The lowest BCUT2D eigenvalue weighted by molar-refractivity contribution is -0.175. The first-order valence-corrected chi connectivity index (χ1v) is 20.7. The summed E-state index contributed by atoms with van der Waals surface area (Å²) in [5, 5.41) is 22.1. The monoisotopic (exact) mass is 787 g/mol. The van der Waals surface area contributed by atoms with E-state index < -0.39 is 64.6 Å². The van der Waals surface area contributed by atoms with E-state index in [0.29, 0.717) is 12.8 Å². The number of amides is 5. The number of aliphatic hydroxyl groups excluding tert-OH is 1. The van der Waals surface area contributed by atoms with Gasteiger partial charge in [0.1, 0.15) is 12.1 Å². The molecular weight excluding hydrogens is 723 g/mol. The van der Waals surface area contributed by atoms with Crippen LogP contribution in [0, 0.1) is 29.1 Å². The SMILES string of the molecule is C=C(C)C(C1=CC1)C1C=C2CN(C(=O)[C@@H](NC(=O)NC(C)(C)CC)C(C)(C)CC)[C@H](C(=O)NC(CC3CC3)C(=O)C(=O)NCC(O)OC(C)(C)c3ccccc3)[C@H]21. The van der Waals surface area contributed by atoms with E-state index in [0.717, 1.165) is 36.0 Å². The second-order valence-corrected chi connectivity index (χ2v) is 18.4. The van der Waals surface area contributed by atoms with Crippen LogP contribution in [0.5, 0.6) is 0 Å². The van der Waals surface area contributed by atoms with E-state index in [1.54, 1.807) is 18.7 Å². The number of nitrogens with one attached hydrogen (secondary N) is 4. The van der Waals surface area contributed by atoms with Crippen LogP contribution in [-0.2, 0) is 29.5 Å². The van der Waals surface area contributed by atoms with Gasteiger partial charge >= 0.3 is 6.03 Å². The van der Waals surface area contributed by atoms with Crippen LogP contribution in [0.4, 0.5) is 4.79 Å². The van der Waals surface area contributed by atoms with Gasteiger partial charge in [-0.2, -0.15) is 0 Å². The van der Waals surface area contributed by atoms with E-state index in [2.05, 4.69) is 40.0 Å². The molecule has 5 N–H and O–H groups in total. The first kappa shape index (κ1) is 43.8. The third-order valence-corrected chi connectivity index (χ3v) is 12.6. The molecule has 0 radical (unpaired) electrons. The molecule has 4 aliphatic rings. The highest BCUT2D eigenvalue weighted by atomic mass is 16.6. The van der Waals surface area contributed by atoms with Crippen LogP contribution >= 0.6 is 0 Å². The molecule has 0 aromatic heterocycles. The molecule has 0 bridgehead atoms. The van der Waals surface area contributed by atoms with E-state index in [4.69, 9.17) is 4.74 Å². The minimum Gasteiger partial charge on any atom is -0.366 e. The van der Waals surface area contributed by atoms with Gasteiger partial charge in [0.15, 0.2) is 6.29 Å². The highest BCUT2D eigenvalue weighted by molar-refractivity contribution is 6.38. The number of Topliss-reactive ketones (excluding diaryl/α,β-unsaturated/α-hetero) is 1. The third kappa shape index (κ3) is 10.4. The molecule has 12 heteroatoms. The zero-order valence-corrected chi connectivity index (χ0v) is 35.4. The number of hydrogen-bond acceptors (Lipinski definition) is 7.